The second-order valence-corrected chi connectivity index (χ2v) is 5.86. The molecule has 1 nitrogen and oxygen atoms in total. The molecule has 2 heteroatoms. The van der Waals surface area contributed by atoms with Crippen molar-refractivity contribution in [3.05, 3.63) is 57.7 Å². The summed E-state index contributed by atoms with van der Waals surface area (Å²) in [6, 6.07) is 16.3. The van der Waals surface area contributed by atoms with Crippen LogP contribution in [0.2, 0.25) is 0 Å². The van der Waals surface area contributed by atoms with Crippen molar-refractivity contribution in [3.63, 3.8) is 0 Å². The summed E-state index contributed by atoms with van der Waals surface area (Å²) in [6.45, 7) is 2.10. The number of rotatable bonds is 5. The number of ketones is 1. The summed E-state index contributed by atoms with van der Waals surface area (Å²) in [5.41, 5.74) is 3.17. The van der Waals surface area contributed by atoms with Crippen LogP contribution in [0, 0.1) is 3.57 Å². The van der Waals surface area contributed by atoms with E-state index in [9.17, 15) is 4.79 Å². The van der Waals surface area contributed by atoms with Crippen molar-refractivity contribution in [2.75, 3.05) is 0 Å². The molecule has 0 spiro atoms. The summed E-state index contributed by atoms with van der Waals surface area (Å²) in [4.78, 5) is 11.9. The fourth-order valence-electron chi connectivity index (χ4n) is 1.97. The van der Waals surface area contributed by atoms with Gasteiger partial charge in [0.25, 0.3) is 0 Å². The van der Waals surface area contributed by atoms with Gasteiger partial charge in [0.1, 0.15) is 0 Å². The summed E-state index contributed by atoms with van der Waals surface area (Å²) >= 11 is 2.30. The molecule has 2 aromatic carbocycles. The van der Waals surface area contributed by atoms with E-state index in [4.69, 9.17) is 0 Å². The molecule has 0 amide bonds. The van der Waals surface area contributed by atoms with Gasteiger partial charge in [-0.25, -0.2) is 0 Å². The highest BCUT2D eigenvalue weighted by Crippen LogP contribution is 2.21. The summed E-state index contributed by atoms with van der Waals surface area (Å²) in [5, 5.41) is 0. The van der Waals surface area contributed by atoms with Crippen LogP contribution >= 0.6 is 22.6 Å². The zero-order valence-electron chi connectivity index (χ0n) is 11.0. The Hall–Kier alpha value is -1.16. The fraction of sp³-hybridized carbons (Fsp3) is 0.235. The van der Waals surface area contributed by atoms with E-state index in [-0.39, 0.29) is 5.78 Å². The molecule has 98 valence electrons. The van der Waals surface area contributed by atoms with Crippen LogP contribution in [0.3, 0.4) is 0 Å². The van der Waals surface area contributed by atoms with Crippen LogP contribution in [0.15, 0.2) is 48.5 Å². The predicted molar refractivity (Wildman–Crippen MR) is 88.5 cm³/mol. The Labute approximate surface area is 128 Å². The van der Waals surface area contributed by atoms with Crippen molar-refractivity contribution in [1.29, 1.82) is 0 Å². The van der Waals surface area contributed by atoms with E-state index in [0.717, 1.165) is 24.0 Å². The van der Waals surface area contributed by atoms with Crippen molar-refractivity contribution < 1.29 is 4.79 Å². The van der Waals surface area contributed by atoms with Gasteiger partial charge >= 0.3 is 0 Å². The number of hydrogen-bond donors (Lipinski definition) is 0. The number of benzene rings is 2. The van der Waals surface area contributed by atoms with Gasteiger partial charge in [0, 0.05) is 15.6 Å². The lowest BCUT2D eigenvalue weighted by Gasteiger charge is -2.04. The number of halogens is 1. The van der Waals surface area contributed by atoms with Crippen LogP contribution in [-0.2, 0) is 0 Å². The number of carbonyl (C=O) groups excluding carboxylic acids is 1. The molecule has 0 fully saturated rings. The molecule has 19 heavy (non-hydrogen) atoms. The molecule has 2 aromatic rings. The number of Topliss-reactive ketones (excluding diaryl/α,β-unsaturated/α-hetero) is 1. The molecular formula is C17H17IO. The summed E-state index contributed by atoms with van der Waals surface area (Å²) < 4.78 is 1.23. The molecule has 2 rings (SSSR count). The quantitative estimate of drug-likeness (QED) is 0.518. The number of hydrogen-bond acceptors (Lipinski definition) is 1. The van der Waals surface area contributed by atoms with Gasteiger partial charge in [-0.2, -0.15) is 0 Å². The van der Waals surface area contributed by atoms with Crippen LogP contribution in [0.4, 0.5) is 0 Å². The van der Waals surface area contributed by atoms with Gasteiger partial charge in [0.2, 0.25) is 0 Å². The maximum absolute atomic E-state index is 11.9. The molecule has 0 saturated carbocycles. The minimum Gasteiger partial charge on any atom is -0.294 e. The lowest BCUT2D eigenvalue weighted by molar-refractivity contribution is 0.0980. The Morgan fingerprint density at radius 1 is 0.947 bits per heavy atom. The largest absolute Gasteiger partial charge is 0.294 e. The summed E-state index contributed by atoms with van der Waals surface area (Å²) in [5.74, 6) is 0.246. The van der Waals surface area contributed by atoms with Crippen LogP contribution < -0.4 is 0 Å². The molecule has 0 bridgehead atoms. The third-order valence-corrected chi connectivity index (χ3v) is 3.86. The minimum atomic E-state index is 0.246. The van der Waals surface area contributed by atoms with E-state index in [0.29, 0.717) is 6.42 Å². The average Bonchev–Trinajstić information content (AvgIpc) is 2.46. The van der Waals surface area contributed by atoms with Gasteiger partial charge in [0.15, 0.2) is 5.78 Å². The van der Waals surface area contributed by atoms with E-state index in [2.05, 4.69) is 53.8 Å². The van der Waals surface area contributed by atoms with E-state index >= 15 is 0 Å². The van der Waals surface area contributed by atoms with Gasteiger partial charge in [-0.1, -0.05) is 49.7 Å². The first kappa shape index (κ1) is 14.3. The van der Waals surface area contributed by atoms with Gasteiger partial charge in [0.05, 0.1) is 0 Å². The molecule has 0 aromatic heterocycles. The average molecular weight is 364 g/mol. The predicted octanol–water partition coefficient (Wildman–Crippen LogP) is 5.33. The molecule has 0 aliphatic heterocycles. The molecule has 0 atom stereocenters. The minimum absolute atomic E-state index is 0.246. The summed E-state index contributed by atoms with van der Waals surface area (Å²) in [7, 11) is 0. The molecule has 0 N–H and O–H groups in total. The molecule has 0 aliphatic rings. The Kier molecular flexibility index (Phi) is 5.14. The monoisotopic (exact) mass is 364 g/mol. The molecule has 0 radical (unpaired) electrons. The van der Waals surface area contributed by atoms with E-state index in [1.54, 1.807) is 0 Å². The lowest BCUT2D eigenvalue weighted by atomic mass is 10.0. The molecular weight excluding hydrogens is 347 g/mol. The second-order valence-electron chi connectivity index (χ2n) is 4.61. The first-order valence-electron chi connectivity index (χ1n) is 6.60. The third kappa shape index (κ3) is 3.90. The Morgan fingerprint density at radius 3 is 2.00 bits per heavy atom. The van der Waals surface area contributed by atoms with Gasteiger partial charge in [-0.05, 0) is 52.3 Å². The van der Waals surface area contributed by atoms with Gasteiger partial charge < -0.3 is 0 Å². The van der Waals surface area contributed by atoms with Crippen molar-refractivity contribution in [3.8, 4) is 11.1 Å². The van der Waals surface area contributed by atoms with Crippen molar-refractivity contribution >= 4 is 28.4 Å². The third-order valence-electron chi connectivity index (χ3n) is 3.14. The summed E-state index contributed by atoms with van der Waals surface area (Å²) in [6.07, 6.45) is 2.68. The van der Waals surface area contributed by atoms with Crippen molar-refractivity contribution in [1.82, 2.24) is 0 Å². The molecule has 0 heterocycles. The maximum atomic E-state index is 11.9. The SMILES string of the molecule is CCCCC(=O)c1ccc(-c2ccc(I)cc2)cc1. The fourth-order valence-corrected chi connectivity index (χ4v) is 2.33. The van der Waals surface area contributed by atoms with Crippen LogP contribution in [0.1, 0.15) is 36.5 Å². The van der Waals surface area contributed by atoms with E-state index in [1.165, 1.54) is 9.13 Å². The van der Waals surface area contributed by atoms with Gasteiger partial charge in [-0.3, -0.25) is 4.79 Å². The maximum Gasteiger partial charge on any atom is 0.162 e. The number of carbonyl (C=O) groups is 1. The van der Waals surface area contributed by atoms with Crippen LogP contribution in [0.25, 0.3) is 11.1 Å². The topological polar surface area (TPSA) is 17.1 Å². The normalized spacial score (nSPS) is 10.4. The van der Waals surface area contributed by atoms with Crippen LogP contribution in [-0.4, -0.2) is 5.78 Å². The van der Waals surface area contributed by atoms with E-state index < -0.39 is 0 Å². The smallest absolute Gasteiger partial charge is 0.162 e. The van der Waals surface area contributed by atoms with Crippen molar-refractivity contribution in [2.24, 2.45) is 0 Å². The highest BCUT2D eigenvalue weighted by atomic mass is 127. The lowest BCUT2D eigenvalue weighted by Crippen LogP contribution is -1.98. The molecule has 0 saturated heterocycles. The Bertz CT molecular complexity index is 540. The van der Waals surface area contributed by atoms with Crippen molar-refractivity contribution in [2.45, 2.75) is 26.2 Å². The first-order valence-corrected chi connectivity index (χ1v) is 7.68. The Morgan fingerprint density at radius 2 is 1.47 bits per heavy atom. The number of unbranched alkanes of at least 4 members (excludes halogenated alkanes) is 1. The standard InChI is InChI=1S/C17H17IO/c1-2-3-4-17(19)15-7-5-13(6-8-15)14-9-11-16(18)12-10-14/h5-12H,2-4H2,1H3. The Balaban J connectivity index is 2.14. The first-order chi connectivity index (χ1) is 9.20. The van der Waals surface area contributed by atoms with Gasteiger partial charge in [-0.15, -0.1) is 0 Å². The highest BCUT2D eigenvalue weighted by Gasteiger charge is 2.05. The highest BCUT2D eigenvalue weighted by molar-refractivity contribution is 14.1. The van der Waals surface area contributed by atoms with E-state index in [1.807, 2.05) is 24.3 Å². The molecule has 0 unspecified atom stereocenters. The second kappa shape index (κ2) is 6.85. The molecule has 0 aliphatic carbocycles. The zero-order chi connectivity index (χ0) is 13.7. The van der Waals surface area contributed by atoms with Crippen LogP contribution in [0.5, 0.6) is 0 Å². The zero-order valence-corrected chi connectivity index (χ0v) is 13.2.